The molecule has 1 aliphatic rings. The Kier molecular flexibility index (Phi) is 2.49. The van der Waals surface area contributed by atoms with E-state index in [1.54, 1.807) is 0 Å². The number of quaternary nitrogens is 1. The molecule has 0 radical (unpaired) electrons. The van der Waals surface area contributed by atoms with Crippen LogP contribution in [0, 0.1) is 0 Å². The van der Waals surface area contributed by atoms with Gasteiger partial charge in [0.2, 0.25) is 0 Å². The lowest BCUT2D eigenvalue weighted by atomic mass is 10.1. The van der Waals surface area contributed by atoms with Gasteiger partial charge < -0.3 is 15.6 Å². The van der Waals surface area contributed by atoms with Crippen molar-refractivity contribution in [3.05, 3.63) is 0 Å². The van der Waals surface area contributed by atoms with E-state index in [4.69, 9.17) is 5.73 Å². The highest BCUT2D eigenvalue weighted by Crippen LogP contribution is 1.93. The number of aliphatic carboxylic acids is 1. The molecule has 0 aliphatic carbocycles. The summed E-state index contributed by atoms with van der Waals surface area (Å²) < 4.78 is 0. The summed E-state index contributed by atoms with van der Waals surface area (Å²) in [7, 11) is 0. The summed E-state index contributed by atoms with van der Waals surface area (Å²) in [4.78, 5) is 13.3. The third kappa shape index (κ3) is 1.85. The number of carbonyl (C=O) groups is 1. The molecule has 0 unspecified atom stereocenters. The van der Waals surface area contributed by atoms with E-state index >= 15 is 0 Å². The minimum absolute atomic E-state index is 0.226. The molecule has 0 saturated heterocycles. The first-order valence-corrected chi connectivity index (χ1v) is 3.78. The third-order valence-electron chi connectivity index (χ3n) is 1.90. The Bertz CT molecular complexity index is 216. The van der Waals surface area contributed by atoms with Gasteiger partial charge in [-0.2, -0.15) is 0 Å². The predicted molar refractivity (Wildman–Crippen MR) is 38.2 cm³/mol. The lowest BCUT2D eigenvalue weighted by Gasteiger charge is -2.21. The molecule has 6 nitrogen and oxygen atoms in total. The number of hydrogen-bond donors (Lipinski definition) is 4. The molecule has 1 heterocycles. The summed E-state index contributed by atoms with van der Waals surface area (Å²) in [6, 6.07) is -0.984. The van der Waals surface area contributed by atoms with Crippen molar-refractivity contribution in [3.8, 4) is 0 Å². The number of hydrogen-bond acceptors (Lipinski definition) is 4. The molecule has 1 rings (SSSR count). The summed E-state index contributed by atoms with van der Waals surface area (Å²) in [6.07, 6.45) is 0.683. The Hall–Kier alpha value is -1.30. The van der Waals surface area contributed by atoms with Gasteiger partial charge in [0.15, 0.2) is 6.04 Å². The van der Waals surface area contributed by atoms with Crippen molar-refractivity contribution >= 4 is 11.9 Å². The lowest BCUT2D eigenvalue weighted by Crippen LogP contribution is -2.87. The molecule has 12 heavy (non-hydrogen) atoms. The van der Waals surface area contributed by atoms with Crippen LogP contribution in [-0.4, -0.2) is 30.6 Å². The Morgan fingerprint density at radius 1 is 1.92 bits per heavy atom. The average Bonchev–Trinajstić information content (AvgIpc) is 2.03. The smallest absolute Gasteiger partial charge is 0.341 e. The van der Waals surface area contributed by atoms with Crippen molar-refractivity contribution in [2.75, 3.05) is 6.54 Å². The topological polar surface area (TPSA) is 120 Å². The molecule has 7 N–H and O–H groups in total. The molecular formula is C6H13N4O2+. The van der Waals surface area contributed by atoms with E-state index in [0.29, 0.717) is 18.9 Å². The Morgan fingerprint density at radius 3 is 3.08 bits per heavy atom. The number of rotatable bonds is 2. The number of nitrogens with one attached hydrogen (secondary N) is 2. The normalized spacial score (nSPS) is 25.4. The van der Waals surface area contributed by atoms with Crippen LogP contribution in [0.4, 0.5) is 0 Å². The molecular weight excluding hydrogens is 160 g/mol. The van der Waals surface area contributed by atoms with E-state index in [0.717, 1.165) is 0 Å². The van der Waals surface area contributed by atoms with Crippen LogP contribution in [0.3, 0.4) is 0 Å². The summed E-state index contributed by atoms with van der Waals surface area (Å²) in [5.74, 6) is -0.747. The molecule has 0 aromatic carbocycles. The number of carboxylic acids is 1. The largest absolute Gasteiger partial charge is 0.544 e. The van der Waals surface area contributed by atoms with Gasteiger partial charge in [0.25, 0.3) is 0 Å². The van der Waals surface area contributed by atoms with Crippen LogP contribution in [0.2, 0.25) is 0 Å². The number of carbonyl (C=O) groups excluding carboxylic acids is 1. The van der Waals surface area contributed by atoms with E-state index in [1.165, 1.54) is 0 Å². The molecule has 0 aromatic heterocycles. The second-order valence-corrected chi connectivity index (χ2v) is 2.81. The van der Waals surface area contributed by atoms with Crippen molar-refractivity contribution in [2.45, 2.75) is 18.5 Å². The third-order valence-corrected chi connectivity index (χ3v) is 1.90. The van der Waals surface area contributed by atoms with Crippen molar-refractivity contribution in [3.63, 3.8) is 0 Å². The Balaban J connectivity index is 2.54. The summed E-state index contributed by atoms with van der Waals surface area (Å²) in [5.41, 5.74) is 8.89. The van der Waals surface area contributed by atoms with Gasteiger partial charge >= 0.3 is 5.96 Å². The predicted octanol–water partition coefficient (Wildman–Crippen LogP) is -5.90. The van der Waals surface area contributed by atoms with E-state index in [-0.39, 0.29) is 6.04 Å². The first-order chi connectivity index (χ1) is 5.61. The van der Waals surface area contributed by atoms with Gasteiger partial charge in [-0.05, 0) is 0 Å². The number of carboxylic acid groups (broad SMARTS) is 1. The monoisotopic (exact) mass is 173 g/mol. The first-order valence-electron chi connectivity index (χ1n) is 3.78. The van der Waals surface area contributed by atoms with Crippen LogP contribution in [0.15, 0.2) is 0 Å². The van der Waals surface area contributed by atoms with Crippen LogP contribution in [0.25, 0.3) is 0 Å². The number of guanidine groups is 1. The van der Waals surface area contributed by atoms with E-state index < -0.39 is 12.0 Å². The molecule has 0 aromatic rings. The van der Waals surface area contributed by atoms with Crippen molar-refractivity contribution in [2.24, 2.45) is 5.73 Å². The first kappa shape index (κ1) is 8.79. The Labute approximate surface area is 69.6 Å². The van der Waals surface area contributed by atoms with Crippen molar-refractivity contribution in [1.29, 1.82) is 0 Å². The van der Waals surface area contributed by atoms with Crippen molar-refractivity contribution < 1.29 is 20.6 Å². The maximum atomic E-state index is 10.4. The van der Waals surface area contributed by atoms with Gasteiger partial charge in [0.1, 0.15) is 12.0 Å². The molecule has 0 bridgehead atoms. The molecule has 1 aliphatic heterocycles. The fraction of sp³-hybridized carbons (Fsp3) is 0.667. The molecule has 6 heteroatoms. The van der Waals surface area contributed by atoms with E-state index in [9.17, 15) is 9.90 Å². The van der Waals surface area contributed by atoms with Gasteiger partial charge in [-0.15, -0.1) is 0 Å². The van der Waals surface area contributed by atoms with Crippen LogP contribution in [0.1, 0.15) is 6.42 Å². The standard InChI is InChI=1S/C6H12N4O2/c7-4(5(11)12)3-1-2-9-6(8)10-3/h3-4H,1-2,7H2,(H,11,12)(H3,8,9,10)/p+1/t3-,4+/m1/s1. The SMILES string of the molecule is NC1=[NH+]CC[C@H]([C@H]([NH3+])C(=O)[O-])N1. The van der Waals surface area contributed by atoms with Crippen molar-refractivity contribution in [1.82, 2.24) is 5.32 Å². The zero-order chi connectivity index (χ0) is 9.14. The van der Waals surface area contributed by atoms with Crippen LogP contribution in [0.5, 0.6) is 0 Å². The number of nitrogens with two attached hydrogens (primary N) is 1. The molecule has 0 fully saturated rings. The zero-order valence-electron chi connectivity index (χ0n) is 6.67. The fourth-order valence-corrected chi connectivity index (χ4v) is 1.15. The van der Waals surface area contributed by atoms with E-state index in [2.05, 4.69) is 16.0 Å². The average molecular weight is 173 g/mol. The van der Waals surface area contributed by atoms with Crippen LogP contribution in [-0.2, 0) is 4.79 Å². The lowest BCUT2D eigenvalue weighted by molar-refractivity contribution is -0.479. The van der Waals surface area contributed by atoms with Gasteiger partial charge in [-0.3, -0.25) is 16.0 Å². The summed E-state index contributed by atoms with van der Waals surface area (Å²) in [6.45, 7) is 0.669. The summed E-state index contributed by atoms with van der Waals surface area (Å²) in [5, 5.41) is 13.2. The Morgan fingerprint density at radius 2 is 2.58 bits per heavy atom. The maximum absolute atomic E-state index is 10.4. The second kappa shape index (κ2) is 3.40. The highest BCUT2D eigenvalue weighted by atomic mass is 16.4. The molecule has 0 saturated carbocycles. The molecule has 0 spiro atoms. The summed E-state index contributed by atoms with van der Waals surface area (Å²) >= 11 is 0. The quantitative estimate of drug-likeness (QED) is 0.332. The zero-order valence-corrected chi connectivity index (χ0v) is 6.67. The van der Waals surface area contributed by atoms with Gasteiger partial charge in [-0.25, -0.2) is 0 Å². The maximum Gasteiger partial charge on any atom is 0.341 e. The molecule has 68 valence electrons. The van der Waals surface area contributed by atoms with Gasteiger partial charge in [0.05, 0.1) is 6.54 Å². The van der Waals surface area contributed by atoms with Gasteiger partial charge in [0, 0.05) is 6.42 Å². The highest BCUT2D eigenvalue weighted by molar-refractivity contribution is 5.75. The highest BCUT2D eigenvalue weighted by Gasteiger charge is 2.28. The van der Waals surface area contributed by atoms with Crippen LogP contribution < -0.4 is 26.9 Å². The second-order valence-electron chi connectivity index (χ2n) is 2.81. The minimum Gasteiger partial charge on any atom is -0.544 e. The molecule has 2 atom stereocenters. The minimum atomic E-state index is -1.15. The molecule has 0 amide bonds. The fourth-order valence-electron chi connectivity index (χ4n) is 1.15. The van der Waals surface area contributed by atoms with Crippen LogP contribution >= 0.6 is 0 Å². The van der Waals surface area contributed by atoms with E-state index in [1.807, 2.05) is 0 Å². The van der Waals surface area contributed by atoms with Gasteiger partial charge in [-0.1, -0.05) is 0 Å².